The average Bonchev–Trinajstić information content (AvgIpc) is 3.03. The van der Waals surface area contributed by atoms with Crippen molar-refractivity contribution in [1.82, 2.24) is 9.38 Å². The lowest BCUT2D eigenvalue weighted by atomic mass is 10.1. The normalized spacial score (nSPS) is 11.0. The largest absolute Gasteiger partial charge is 0.461 e. The zero-order valence-electron chi connectivity index (χ0n) is 13.3. The van der Waals surface area contributed by atoms with Crippen molar-refractivity contribution < 1.29 is 9.53 Å². The van der Waals surface area contributed by atoms with Crippen molar-refractivity contribution in [2.75, 3.05) is 6.61 Å². The number of benzene rings is 2. The number of carbonyl (C=O) groups is 1. The van der Waals surface area contributed by atoms with Crippen molar-refractivity contribution >= 4 is 22.5 Å². The summed E-state index contributed by atoms with van der Waals surface area (Å²) in [6.07, 6.45) is 0. The first-order chi connectivity index (χ1) is 11.8. The molecule has 0 atom stereocenters. The van der Waals surface area contributed by atoms with E-state index in [1.807, 2.05) is 71.1 Å². The minimum atomic E-state index is -0.361. The minimum Gasteiger partial charge on any atom is -0.461 e. The standard InChI is InChI=1S/C20H16N2O2/c1-2-24-20(23)19-18(15-9-4-3-5-10-15)21-17-13-12-14-8-6-7-11-16(14)22(17)19/h3-13H,2H2,1H3. The highest BCUT2D eigenvalue weighted by Gasteiger charge is 2.22. The molecule has 0 aliphatic heterocycles. The zero-order chi connectivity index (χ0) is 16.5. The number of para-hydroxylation sites is 1. The summed E-state index contributed by atoms with van der Waals surface area (Å²) in [5, 5.41) is 1.05. The van der Waals surface area contributed by atoms with Crippen molar-refractivity contribution in [2.24, 2.45) is 0 Å². The lowest BCUT2D eigenvalue weighted by molar-refractivity contribution is 0.0519. The van der Waals surface area contributed by atoms with Crippen LogP contribution < -0.4 is 0 Å². The first kappa shape index (κ1) is 14.5. The van der Waals surface area contributed by atoms with E-state index in [0.29, 0.717) is 18.0 Å². The molecule has 0 spiro atoms. The highest BCUT2D eigenvalue weighted by Crippen LogP contribution is 2.28. The van der Waals surface area contributed by atoms with Crippen molar-refractivity contribution in [3.63, 3.8) is 0 Å². The molecule has 4 nitrogen and oxygen atoms in total. The molecule has 4 aromatic rings. The number of carbonyl (C=O) groups excluding carboxylic acids is 1. The molecule has 0 amide bonds. The summed E-state index contributed by atoms with van der Waals surface area (Å²) in [6, 6.07) is 21.6. The van der Waals surface area contributed by atoms with Gasteiger partial charge in [-0.05, 0) is 30.5 Å². The van der Waals surface area contributed by atoms with Gasteiger partial charge >= 0.3 is 5.97 Å². The summed E-state index contributed by atoms with van der Waals surface area (Å²) in [6.45, 7) is 2.13. The van der Waals surface area contributed by atoms with Gasteiger partial charge < -0.3 is 4.74 Å². The first-order valence-electron chi connectivity index (χ1n) is 7.92. The Kier molecular flexibility index (Phi) is 3.50. The fourth-order valence-electron chi connectivity index (χ4n) is 2.97. The van der Waals surface area contributed by atoms with Gasteiger partial charge in [-0.15, -0.1) is 0 Å². The van der Waals surface area contributed by atoms with E-state index in [1.54, 1.807) is 6.92 Å². The van der Waals surface area contributed by atoms with E-state index in [1.165, 1.54) is 0 Å². The second kappa shape index (κ2) is 5.81. The molecule has 0 aliphatic carbocycles. The summed E-state index contributed by atoms with van der Waals surface area (Å²) in [5.74, 6) is -0.361. The average molecular weight is 316 g/mol. The van der Waals surface area contributed by atoms with Crippen molar-refractivity contribution in [3.8, 4) is 11.3 Å². The fraction of sp³-hybridized carbons (Fsp3) is 0.100. The van der Waals surface area contributed by atoms with Crippen LogP contribution in [0.3, 0.4) is 0 Å². The van der Waals surface area contributed by atoms with Crippen LogP contribution in [0.25, 0.3) is 27.8 Å². The number of rotatable bonds is 3. The predicted molar refractivity (Wildman–Crippen MR) is 94.1 cm³/mol. The Labute approximate surface area is 139 Å². The number of aromatic nitrogens is 2. The molecular weight excluding hydrogens is 300 g/mol. The third-order valence-corrected chi connectivity index (χ3v) is 4.01. The number of fused-ring (bicyclic) bond motifs is 3. The molecule has 24 heavy (non-hydrogen) atoms. The molecule has 118 valence electrons. The van der Waals surface area contributed by atoms with Crippen LogP contribution in [0.4, 0.5) is 0 Å². The maximum Gasteiger partial charge on any atom is 0.357 e. The van der Waals surface area contributed by atoms with Crippen LogP contribution in [-0.4, -0.2) is 22.0 Å². The van der Waals surface area contributed by atoms with E-state index in [9.17, 15) is 4.79 Å². The van der Waals surface area contributed by atoms with E-state index >= 15 is 0 Å². The van der Waals surface area contributed by atoms with E-state index < -0.39 is 0 Å². The quantitative estimate of drug-likeness (QED) is 0.528. The monoisotopic (exact) mass is 316 g/mol. The molecular formula is C20H16N2O2. The van der Waals surface area contributed by atoms with Gasteiger partial charge in [-0.1, -0.05) is 48.5 Å². The van der Waals surface area contributed by atoms with Crippen LogP contribution in [0.2, 0.25) is 0 Å². The zero-order valence-corrected chi connectivity index (χ0v) is 13.3. The Hall–Kier alpha value is -3.14. The highest BCUT2D eigenvalue weighted by molar-refractivity contribution is 5.98. The summed E-state index contributed by atoms with van der Waals surface area (Å²) in [7, 11) is 0. The van der Waals surface area contributed by atoms with Crippen LogP contribution in [-0.2, 0) is 4.74 Å². The Bertz CT molecular complexity index is 1040. The van der Waals surface area contributed by atoms with Gasteiger partial charge in [-0.3, -0.25) is 4.40 Å². The molecule has 0 N–H and O–H groups in total. The van der Waals surface area contributed by atoms with Crippen LogP contribution in [0, 0.1) is 0 Å². The number of ether oxygens (including phenoxy) is 1. The predicted octanol–water partition coefficient (Wildman–Crippen LogP) is 4.33. The lowest BCUT2D eigenvalue weighted by Gasteiger charge is -2.07. The maximum atomic E-state index is 12.7. The molecule has 2 heterocycles. The third kappa shape index (κ3) is 2.24. The van der Waals surface area contributed by atoms with Gasteiger partial charge in [0, 0.05) is 5.56 Å². The van der Waals surface area contributed by atoms with Gasteiger partial charge in [0.1, 0.15) is 11.3 Å². The van der Waals surface area contributed by atoms with Gasteiger partial charge in [0.25, 0.3) is 0 Å². The van der Waals surface area contributed by atoms with Crippen molar-refractivity contribution in [2.45, 2.75) is 6.92 Å². The first-order valence-corrected chi connectivity index (χ1v) is 7.92. The second-order valence-corrected chi connectivity index (χ2v) is 5.48. The molecule has 0 unspecified atom stereocenters. The number of esters is 1. The summed E-state index contributed by atoms with van der Waals surface area (Å²) < 4.78 is 7.19. The van der Waals surface area contributed by atoms with Crippen molar-refractivity contribution in [3.05, 3.63) is 72.4 Å². The van der Waals surface area contributed by atoms with Gasteiger partial charge in [0.15, 0.2) is 5.69 Å². The van der Waals surface area contributed by atoms with E-state index in [4.69, 9.17) is 9.72 Å². The summed E-state index contributed by atoms with van der Waals surface area (Å²) >= 11 is 0. The van der Waals surface area contributed by atoms with Gasteiger partial charge in [-0.2, -0.15) is 0 Å². The Balaban J connectivity index is 2.11. The smallest absolute Gasteiger partial charge is 0.357 e. The van der Waals surface area contributed by atoms with Crippen molar-refractivity contribution in [1.29, 1.82) is 0 Å². The van der Waals surface area contributed by atoms with E-state index in [0.717, 1.165) is 22.1 Å². The number of hydrogen-bond donors (Lipinski definition) is 0. The fourth-order valence-corrected chi connectivity index (χ4v) is 2.97. The van der Waals surface area contributed by atoms with Crippen LogP contribution in [0.5, 0.6) is 0 Å². The van der Waals surface area contributed by atoms with Gasteiger partial charge in [0.2, 0.25) is 0 Å². The second-order valence-electron chi connectivity index (χ2n) is 5.48. The Morgan fingerprint density at radius 1 is 1.00 bits per heavy atom. The van der Waals surface area contributed by atoms with E-state index in [-0.39, 0.29) is 5.97 Å². The highest BCUT2D eigenvalue weighted by atomic mass is 16.5. The number of imidazole rings is 1. The topological polar surface area (TPSA) is 43.6 Å². The molecule has 0 saturated heterocycles. The number of pyridine rings is 1. The van der Waals surface area contributed by atoms with Gasteiger partial charge in [-0.25, -0.2) is 9.78 Å². The lowest BCUT2D eigenvalue weighted by Crippen LogP contribution is -2.10. The number of nitrogens with zero attached hydrogens (tertiary/aromatic N) is 2. The minimum absolute atomic E-state index is 0.324. The number of hydrogen-bond acceptors (Lipinski definition) is 3. The molecule has 2 aromatic heterocycles. The Morgan fingerprint density at radius 3 is 2.54 bits per heavy atom. The van der Waals surface area contributed by atoms with Crippen LogP contribution >= 0.6 is 0 Å². The van der Waals surface area contributed by atoms with Crippen LogP contribution in [0.1, 0.15) is 17.4 Å². The molecule has 0 saturated carbocycles. The Morgan fingerprint density at radius 2 is 1.75 bits per heavy atom. The summed E-state index contributed by atoms with van der Waals surface area (Å²) in [4.78, 5) is 17.4. The molecule has 2 aromatic carbocycles. The van der Waals surface area contributed by atoms with Gasteiger partial charge in [0.05, 0.1) is 12.1 Å². The molecule has 4 heteroatoms. The molecule has 0 radical (unpaired) electrons. The third-order valence-electron chi connectivity index (χ3n) is 4.01. The van der Waals surface area contributed by atoms with Crippen LogP contribution in [0.15, 0.2) is 66.7 Å². The summed E-state index contributed by atoms with van der Waals surface area (Å²) in [5.41, 5.74) is 3.68. The molecule has 0 fully saturated rings. The molecule has 4 rings (SSSR count). The van der Waals surface area contributed by atoms with E-state index in [2.05, 4.69) is 0 Å². The maximum absolute atomic E-state index is 12.7. The SMILES string of the molecule is CCOC(=O)c1c(-c2ccccc2)nc2ccc3ccccc3n12. The molecule has 0 bridgehead atoms. The molecule has 0 aliphatic rings.